The van der Waals surface area contributed by atoms with Crippen LogP contribution in [-0.2, 0) is 0 Å². The number of aromatic amines is 1. The summed E-state index contributed by atoms with van der Waals surface area (Å²) in [5.41, 5.74) is 4.91. The number of nitrogens with one attached hydrogen (secondary N) is 2. The summed E-state index contributed by atoms with van der Waals surface area (Å²) in [6.07, 6.45) is 3.07. The summed E-state index contributed by atoms with van der Waals surface area (Å²) < 4.78 is 18.3. The molecule has 0 radical (unpaired) electrons. The molecule has 0 spiro atoms. The topological polar surface area (TPSA) is 79.4 Å². The lowest BCUT2D eigenvalue weighted by Crippen LogP contribution is -2.17. The number of amides is 1. The van der Waals surface area contributed by atoms with Crippen molar-refractivity contribution in [2.24, 2.45) is 5.10 Å². The zero-order valence-corrected chi connectivity index (χ0v) is 13.4. The van der Waals surface area contributed by atoms with Crippen LogP contribution in [-0.4, -0.2) is 29.4 Å². The first-order valence-electron chi connectivity index (χ1n) is 7.44. The monoisotopic (exact) mass is 338 g/mol. The molecule has 1 aromatic heterocycles. The number of carbonyl (C=O) groups excluding carboxylic acids is 1. The average Bonchev–Trinajstić information content (AvgIpc) is 3.10. The van der Waals surface area contributed by atoms with E-state index in [1.54, 1.807) is 13.3 Å². The fourth-order valence-corrected chi connectivity index (χ4v) is 2.24. The second-order valence-corrected chi connectivity index (χ2v) is 5.14. The van der Waals surface area contributed by atoms with Gasteiger partial charge in [0.1, 0.15) is 11.6 Å². The first-order chi connectivity index (χ1) is 12.2. The average molecular weight is 338 g/mol. The number of hydrazone groups is 1. The standard InChI is InChI=1S/C18H15FN4O2/c1-25-16-7-5-12(6-8-16)17-14(10-20-22-17)11-21-23-18(24)13-3-2-4-15(19)9-13/h2-11H,1H3,(H,20,22)(H,23,24)/b21-11+. The zero-order chi connectivity index (χ0) is 17.6. The van der Waals surface area contributed by atoms with Crippen molar-refractivity contribution in [3.8, 4) is 17.0 Å². The predicted molar refractivity (Wildman–Crippen MR) is 92.0 cm³/mol. The second-order valence-electron chi connectivity index (χ2n) is 5.14. The van der Waals surface area contributed by atoms with Gasteiger partial charge in [-0.3, -0.25) is 9.89 Å². The Bertz CT molecular complexity index is 903. The van der Waals surface area contributed by atoms with Crippen molar-refractivity contribution in [3.63, 3.8) is 0 Å². The summed E-state index contributed by atoms with van der Waals surface area (Å²) in [6.45, 7) is 0. The molecule has 2 aromatic carbocycles. The van der Waals surface area contributed by atoms with Crippen LogP contribution in [0.25, 0.3) is 11.3 Å². The van der Waals surface area contributed by atoms with Crippen molar-refractivity contribution in [1.82, 2.24) is 15.6 Å². The van der Waals surface area contributed by atoms with Gasteiger partial charge in [0.05, 0.1) is 25.2 Å². The minimum Gasteiger partial charge on any atom is -0.497 e. The fraction of sp³-hybridized carbons (Fsp3) is 0.0556. The SMILES string of the molecule is COc1ccc(-c2[nH]ncc2/C=N/NC(=O)c2cccc(F)c2)cc1. The first-order valence-corrected chi connectivity index (χ1v) is 7.44. The van der Waals surface area contributed by atoms with Crippen molar-refractivity contribution >= 4 is 12.1 Å². The third-order valence-corrected chi connectivity index (χ3v) is 3.50. The van der Waals surface area contributed by atoms with E-state index < -0.39 is 11.7 Å². The first kappa shape index (κ1) is 16.4. The Morgan fingerprint density at radius 3 is 2.80 bits per heavy atom. The van der Waals surface area contributed by atoms with E-state index >= 15 is 0 Å². The quantitative estimate of drug-likeness (QED) is 0.554. The number of hydrogen-bond donors (Lipinski definition) is 2. The number of benzene rings is 2. The highest BCUT2D eigenvalue weighted by Gasteiger charge is 2.07. The maximum absolute atomic E-state index is 13.1. The van der Waals surface area contributed by atoms with Gasteiger partial charge in [0.15, 0.2) is 0 Å². The Morgan fingerprint density at radius 2 is 2.08 bits per heavy atom. The van der Waals surface area contributed by atoms with E-state index in [0.717, 1.165) is 23.1 Å². The van der Waals surface area contributed by atoms with E-state index in [2.05, 4.69) is 20.7 Å². The van der Waals surface area contributed by atoms with Gasteiger partial charge in [-0.05, 0) is 42.5 Å². The summed E-state index contributed by atoms with van der Waals surface area (Å²) in [4.78, 5) is 11.9. The number of rotatable bonds is 5. The molecule has 0 saturated carbocycles. The Hall–Kier alpha value is -3.48. The third kappa shape index (κ3) is 3.89. The molecule has 0 unspecified atom stereocenters. The van der Waals surface area contributed by atoms with Crippen LogP contribution < -0.4 is 10.2 Å². The van der Waals surface area contributed by atoms with Gasteiger partial charge in [-0.2, -0.15) is 10.2 Å². The number of carbonyl (C=O) groups is 1. The number of aromatic nitrogens is 2. The molecule has 7 heteroatoms. The summed E-state index contributed by atoms with van der Waals surface area (Å²) >= 11 is 0. The Morgan fingerprint density at radius 1 is 1.28 bits per heavy atom. The maximum atomic E-state index is 13.1. The Kier molecular flexibility index (Phi) is 4.84. The fourth-order valence-electron chi connectivity index (χ4n) is 2.24. The van der Waals surface area contributed by atoms with Gasteiger partial charge < -0.3 is 4.74 Å². The minimum absolute atomic E-state index is 0.194. The minimum atomic E-state index is -0.495. The van der Waals surface area contributed by atoms with Gasteiger partial charge in [-0.25, -0.2) is 9.82 Å². The van der Waals surface area contributed by atoms with E-state index in [4.69, 9.17) is 4.74 Å². The van der Waals surface area contributed by atoms with Crippen LogP contribution >= 0.6 is 0 Å². The molecule has 1 heterocycles. The van der Waals surface area contributed by atoms with Gasteiger partial charge in [-0.1, -0.05) is 6.07 Å². The van der Waals surface area contributed by atoms with Crippen LogP contribution in [0.4, 0.5) is 4.39 Å². The summed E-state index contributed by atoms with van der Waals surface area (Å²) in [6, 6.07) is 12.8. The van der Waals surface area contributed by atoms with Crippen LogP contribution in [0.1, 0.15) is 15.9 Å². The lowest BCUT2D eigenvalue weighted by atomic mass is 10.1. The van der Waals surface area contributed by atoms with E-state index in [1.165, 1.54) is 24.4 Å². The molecule has 0 atom stereocenters. The largest absolute Gasteiger partial charge is 0.497 e. The molecule has 2 N–H and O–H groups in total. The summed E-state index contributed by atoms with van der Waals surface area (Å²) in [5.74, 6) is -0.223. The summed E-state index contributed by atoms with van der Waals surface area (Å²) in [5, 5.41) is 10.8. The molecule has 0 saturated heterocycles. The van der Waals surface area contributed by atoms with Gasteiger partial charge in [-0.15, -0.1) is 0 Å². The Balaban J connectivity index is 1.72. The van der Waals surface area contributed by atoms with E-state index in [9.17, 15) is 9.18 Å². The smallest absolute Gasteiger partial charge is 0.271 e. The molecule has 1 amide bonds. The Labute approximate surface area is 143 Å². The normalized spacial score (nSPS) is 10.8. The summed E-state index contributed by atoms with van der Waals surface area (Å²) in [7, 11) is 1.60. The number of hydrogen-bond acceptors (Lipinski definition) is 4. The van der Waals surface area contributed by atoms with Crippen molar-refractivity contribution < 1.29 is 13.9 Å². The molecule has 0 aliphatic rings. The van der Waals surface area contributed by atoms with Crippen molar-refractivity contribution in [2.75, 3.05) is 7.11 Å². The van der Waals surface area contributed by atoms with Crippen LogP contribution in [0.15, 0.2) is 59.8 Å². The lowest BCUT2D eigenvalue weighted by molar-refractivity contribution is 0.0954. The molecule has 126 valence electrons. The number of methoxy groups -OCH3 is 1. The highest BCUT2D eigenvalue weighted by molar-refractivity contribution is 5.95. The molecule has 25 heavy (non-hydrogen) atoms. The molecule has 3 aromatic rings. The van der Waals surface area contributed by atoms with E-state index in [1.807, 2.05) is 24.3 Å². The number of halogens is 1. The van der Waals surface area contributed by atoms with Crippen molar-refractivity contribution in [1.29, 1.82) is 0 Å². The van der Waals surface area contributed by atoms with Crippen molar-refractivity contribution in [3.05, 3.63) is 71.7 Å². The molecule has 0 aliphatic carbocycles. The van der Waals surface area contributed by atoms with Crippen LogP contribution in [0.2, 0.25) is 0 Å². The zero-order valence-electron chi connectivity index (χ0n) is 13.4. The highest BCUT2D eigenvalue weighted by atomic mass is 19.1. The highest BCUT2D eigenvalue weighted by Crippen LogP contribution is 2.22. The molecule has 0 aliphatic heterocycles. The van der Waals surface area contributed by atoms with Crippen molar-refractivity contribution in [2.45, 2.75) is 0 Å². The third-order valence-electron chi connectivity index (χ3n) is 3.50. The van der Waals surface area contributed by atoms with E-state index in [0.29, 0.717) is 5.56 Å². The van der Waals surface area contributed by atoms with Gasteiger partial charge in [0.25, 0.3) is 5.91 Å². The molecule has 0 fully saturated rings. The molecule has 0 bridgehead atoms. The van der Waals surface area contributed by atoms with Crippen LogP contribution in [0.3, 0.4) is 0 Å². The lowest BCUT2D eigenvalue weighted by Gasteiger charge is -2.03. The number of nitrogens with zero attached hydrogens (tertiary/aromatic N) is 2. The second kappa shape index (κ2) is 7.39. The number of H-pyrrole nitrogens is 1. The maximum Gasteiger partial charge on any atom is 0.271 e. The predicted octanol–water partition coefficient (Wildman–Crippen LogP) is 2.99. The van der Waals surface area contributed by atoms with Gasteiger partial charge >= 0.3 is 0 Å². The van der Waals surface area contributed by atoms with E-state index in [-0.39, 0.29) is 5.56 Å². The van der Waals surface area contributed by atoms with Crippen LogP contribution in [0, 0.1) is 5.82 Å². The number of ether oxygens (including phenoxy) is 1. The molecular weight excluding hydrogens is 323 g/mol. The van der Waals surface area contributed by atoms with Gasteiger partial charge in [0.2, 0.25) is 0 Å². The molecule has 6 nitrogen and oxygen atoms in total. The molecular formula is C18H15FN4O2. The van der Waals surface area contributed by atoms with Crippen LogP contribution in [0.5, 0.6) is 5.75 Å². The van der Waals surface area contributed by atoms with Gasteiger partial charge in [0, 0.05) is 16.7 Å². The molecule has 3 rings (SSSR count).